The number of H-pyrrole nitrogens is 6. The Labute approximate surface area is 771 Å². The zero-order valence-corrected chi connectivity index (χ0v) is 78.2. The fourth-order valence-electron chi connectivity index (χ4n) is 16.9. The number of rotatable bonds is 21. The molecule has 6 N–H and O–H groups in total. The molecule has 18 aromatic rings. The van der Waals surface area contributed by atoms with Crippen LogP contribution in [0.2, 0.25) is 0 Å². The molecule has 16 aromatic heterocycles. The van der Waals surface area contributed by atoms with Crippen LogP contribution < -0.4 is 38.1 Å². The number of aryl methyl sites for hydroxylation is 6. The molecular weight excluding hydrogens is 1690 g/mol. The van der Waals surface area contributed by atoms with Crippen LogP contribution in [0.4, 0.5) is 0 Å². The molecule has 134 heavy (non-hydrogen) atoms. The van der Waals surface area contributed by atoms with E-state index in [2.05, 4.69) is 156 Å². The minimum Gasteiger partial charge on any atom is -0.619 e. The van der Waals surface area contributed by atoms with E-state index in [-0.39, 0.29) is 33.4 Å². The summed E-state index contributed by atoms with van der Waals surface area (Å²) >= 11 is 0. The highest BCUT2D eigenvalue weighted by atomic mass is 16.5. The molecule has 0 radical (unpaired) electrons. The number of benzene rings is 2. The van der Waals surface area contributed by atoms with E-state index in [1.807, 2.05) is 108 Å². The Balaban J connectivity index is 0.000000123. The van der Waals surface area contributed by atoms with E-state index in [4.69, 9.17) is 4.98 Å². The Morgan fingerprint density at radius 2 is 0.612 bits per heavy atom. The summed E-state index contributed by atoms with van der Waals surface area (Å²) in [5, 5.41) is 40.6. The van der Waals surface area contributed by atoms with E-state index in [0.717, 1.165) is 136 Å². The molecule has 2 aromatic carbocycles. The van der Waals surface area contributed by atoms with Crippen molar-refractivity contribution in [3.8, 4) is 34.1 Å². The van der Waals surface area contributed by atoms with Gasteiger partial charge in [-0.2, -0.15) is 35.3 Å². The number of nitrogens with one attached hydrogen (secondary N) is 6. The number of para-hydroxylation sites is 2. The maximum absolute atomic E-state index is 12.4. The fourth-order valence-corrected chi connectivity index (χ4v) is 16.9. The molecule has 2 fully saturated rings. The smallest absolute Gasteiger partial charge is 0.262 e. The van der Waals surface area contributed by atoms with E-state index in [1.165, 1.54) is 70.0 Å². The quantitative estimate of drug-likeness (QED) is 0.0287. The molecule has 1 atom stereocenters. The van der Waals surface area contributed by atoms with Crippen LogP contribution in [-0.2, 0) is 38.5 Å². The predicted molar refractivity (Wildman–Crippen MR) is 517 cm³/mol. The topological polar surface area (TPSA) is 447 Å². The second kappa shape index (κ2) is 42.0. The maximum atomic E-state index is 12.4. The van der Waals surface area contributed by atoms with E-state index in [0.29, 0.717) is 131 Å². The molecule has 0 bridgehead atoms. The van der Waals surface area contributed by atoms with Gasteiger partial charge in [-0.3, -0.25) is 43.7 Å². The van der Waals surface area contributed by atoms with Crippen molar-refractivity contribution in [1.82, 2.24) is 133 Å². The minimum atomic E-state index is -0.178. The number of nitrogens with zero attached hydrogens (tertiary/aromatic N) is 22. The molecule has 16 heterocycles. The summed E-state index contributed by atoms with van der Waals surface area (Å²) in [6.07, 6.45) is 40.4. The first kappa shape index (κ1) is 93.6. The second-order valence-corrected chi connectivity index (χ2v) is 35.8. The van der Waals surface area contributed by atoms with Crippen LogP contribution in [-0.4, -0.2) is 133 Å². The lowest BCUT2D eigenvalue weighted by molar-refractivity contribution is -0.605. The van der Waals surface area contributed by atoms with Gasteiger partial charge in [0.25, 0.3) is 33.4 Å². The summed E-state index contributed by atoms with van der Waals surface area (Å²) in [5.74, 6) is 7.37. The van der Waals surface area contributed by atoms with Crippen molar-refractivity contribution in [2.45, 2.75) is 206 Å². The van der Waals surface area contributed by atoms with Crippen molar-refractivity contribution in [2.24, 2.45) is 35.5 Å². The molecule has 2 aliphatic rings. The van der Waals surface area contributed by atoms with E-state index >= 15 is 0 Å². The van der Waals surface area contributed by atoms with Crippen molar-refractivity contribution in [2.75, 3.05) is 0 Å². The standard InChI is InChI=1S/C17H19N5O2.C17H19N5O.C17H21N5O.C16H19N5O.2C16H18N4O/c1-11-6-7-21(24)10-14(11)22-16-13(9-18-22)17(23)20-15(19-16)8-12-4-2-3-5-12;1-11-6-7-18-10-14(11)22-16-13(9-19-22)17(23)21-15(20-16)8-12-4-2-3-5-12;1-4-12(5-2)8-15-20-16-13(17(23)21-15)9-19-22(16)14-10-18-7-6-11(14)3;1-4-10(2)7-14-19-15-12(16(22)20-14)8-18-21(15)13-9-17-6-5-11(13)3;2*1-10(2)8-14-18-15-12(16(21)19-14)9-17-20(15)13-7-5-4-6-11(13)3/h6-7,9-10,12H,2-5,8H2,1H3,(H,19,20,23);6-7,9-10,12H,2-5,8H2,1H3,(H,20,21,23);6-7,9-10,12H,4-5,8H2,1-3H3,(H,20,21,23);5-6,8-10H,4,7H2,1-3H3,(H,19,20,22);2*4-7,9-10H,8H2,1-3H3,(H,18,19,21). The fraction of sp³-hybridized carbons (Fsp3) is 0.374. The summed E-state index contributed by atoms with van der Waals surface area (Å²) in [5.41, 5.74) is 13.9. The molecule has 35 heteroatoms. The molecule has 0 aliphatic heterocycles. The highest BCUT2D eigenvalue weighted by Crippen LogP contribution is 2.31. The summed E-state index contributed by atoms with van der Waals surface area (Å²) in [6, 6.07) is 23.4. The summed E-state index contributed by atoms with van der Waals surface area (Å²) in [6.45, 7) is 28.9. The van der Waals surface area contributed by atoms with Gasteiger partial charge in [0, 0.05) is 63.2 Å². The van der Waals surface area contributed by atoms with Gasteiger partial charge < -0.3 is 35.1 Å². The summed E-state index contributed by atoms with van der Waals surface area (Å²) in [4.78, 5) is 131. The molecule has 20 rings (SSSR count). The van der Waals surface area contributed by atoms with E-state index < -0.39 is 0 Å². The molecule has 692 valence electrons. The van der Waals surface area contributed by atoms with Crippen molar-refractivity contribution >= 4 is 66.2 Å². The Morgan fingerprint density at radius 1 is 0.336 bits per heavy atom. The highest BCUT2D eigenvalue weighted by Gasteiger charge is 2.25. The second-order valence-electron chi connectivity index (χ2n) is 35.8. The molecule has 35 nitrogen and oxygen atoms in total. The van der Waals surface area contributed by atoms with Gasteiger partial charge in [-0.05, 0) is 141 Å². The number of hydrogen-bond donors (Lipinski definition) is 6. The van der Waals surface area contributed by atoms with Gasteiger partial charge in [0.15, 0.2) is 40.1 Å². The zero-order chi connectivity index (χ0) is 94.5. The Morgan fingerprint density at radius 3 is 0.918 bits per heavy atom. The van der Waals surface area contributed by atoms with Crippen LogP contribution in [0.25, 0.3) is 100 Å². The van der Waals surface area contributed by atoms with Crippen LogP contribution in [0.1, 0.15) is 194 Å². The Kier molecular flexibility index (Phi) is 29.3. The van der Waals surface area contributed by atoms with Gasteiger partial charge in [0.05, 0.1) is 84.2 Å². The first-order valence-electron chi connectivity index (χ1n) is 46.1. The number of aromatic nitrogens is 28. The molecule has 0 spiro atoms. The molecule has 2 saturated carbocycles. The number of aromatic amines is 6. The van der Waals surface area contributed by atoms with Gasteiger partial charge in [-0.25, -0.2) is 58.0 Å². The summed E-state index contributed by atoms with van der Waals surface area (Å²) < 4.78 is 10.9. The van der Waals surface area contributed by atoms with Crippen LogP contribution in [0.15, 0.2) is 188 Å². The average molecular weight is 1810 g/mol. The summed E-state index contributed by atoms with van der Waals surface area (Å²) in [7, 11) is 0. The lowest BCUT2D eigenvalue weighted by Gasteiger charge is -2.11. The normalized spacial score (nSPS) is 13.1. The van der Waals surface area contributed by atoms with E-state index in [9.17, 15) is 34.0 Å². The van der Waals surface area contributed by atoms with Gasteiger partial charge in [0.1, 0.15) is 73.0 Å². The monoisotopic (exact) mass is 1810 g/mol. The largest absolute Gasteiger partial charge is 0.619 e. The van der Waals surface area contributed by atoms with Crippen LogP contribution in [0.5, 0.6) is 0 Å². The van der Waals surface area contributed by atoms with Crippen molar-refractivity contribution in [1.29, 1.82) is 0 Å². The average Bonchev–Trinajstić information content (AvgIpc) is 1.64. The lowest BCUT2D eigenvalue weighted by atomic mass is 9.99. The van der Waals surface area contributed by atoms with Crippen molar-refractivity contribution in [3.63, 3.8) is 0 Å². The molecule has 0 saturated heterocycles. The third-order valence-electron chi connectivity index (χ3n) is 24.7. The third-order valence-corrected chi connectivity index (χ3v) is 24.7. The number of fused-ring (bicyclic) bond motifs is 6. The molecular formula is C99H114N28O7. The van der Waals surface area contributed by atoms with E-state index in [1.54, 1.807) is 102 Å². The molecule has 1 unspecified atom stereocenters. The highest BCUT2D eigenvalue weighted by molar-refractivity contribution is 5.80. The first-order chi connectivity index (χ1) is 64.7. The number of hydrogen-bond acceptors (Lipinski definition) is 22. The minimum absolute atomic E-state index is 0.115. The van der Waals surface area contributed by atoms with Crippen LogP contribution in [0, 0.1) is 82.3 Å². The first-order valence-corrected chi connectivity index (χ1v) is 46.1. The Hall–Kier alpha value is -15.1. The van der Waals surface area contributed by atoms with Crippen LogP contribution in [0.3, 0.4) is 0 Å². The molecule has 2 aliphatic carbocycles. The van der Waals surface area contributed by atoms with Gasteiger partial charge in [-0.1, -0.05) is 162 Å². The molecule has 0 amide bonds. The number of pyridine rings is 4. The van der Waals surface area contributed by atoms with Gasteiger partial charge in [-0.15, -0.1) is 0 Å². The van der Waals surface area contributed by atoms with Crippen molar-refractivity contribution in [3.05, 3.63) is 295 Å². The van der Waals surface area contributed by atoms with Gasteiger partial charge in [0.2, 0.25) is 6.20 Å². The SMILES string of the molecule is CCC(C)Cc1nc2c(cnn2-c2cnccc2C)c(=O)[nH]1.CCC(CC)Cc1nc2c(cnn2-c2cnccc2C)c(=O)[nH]1.Cc1cc[n+]([O-])cc1-n1ncc2c(=O)[nH]c(CC3CCCC3)nc21.Cc1ccccc1-n1ncc2c(=O)[nH]c(CC(C)C)nc21.Cc1ccccc1-n1ncc2c(=O)[nH]c(CC(C)C)nc21.Cc1ccncc1-n1ncc2c(=O)[nH]c(CC3CCCC3)nc21. The van der Waals surface area contributed by atoms with Crippen molar-refractivity contribution < 1.29 is 4.73 Å². The third kappa shape index (κ3) is 21.4. The Bertz CT molecular complexity index is 7300. The zero-order valence-electron chi connectivity index (χ0n) is 78.2. The van der Waals surface area contributed by atoms with Gasteiger partial charge >= 0.3 is 0 Å². The lowest BCUT2D eigenvalue weighted by Crippen LogP contribution is -2.26. The van der Waals surface area contributed by atoms with Crippen LogP contribution >= 0.6 is 0 Å². The predicted octanol–water partition coefficient (Wildman–Crippen LogP) is 14.8. The maximum Gasteiger partial charge on any atom is 0.262 e.